The van der Waals surface area contributed by atoms with Gasteiger partial charge in [0.1, 0.15) is 6.04 Å². The minimum Gasteiger partial charge on any atom is -0.480 e. The van der Waals surface area contributed by atoms with Gasteiger partial charge in [0.2, 0.25) is 0 Å². The van der Waals surface area contributed by atoms with Crippen molar-refractivity contribution in [1.82, 2.24) is 5.32 Å². The lowest BCUT2D eigenvalue weighted by Gasteiger charge is -2.36. The molecule has 0 amide bonds. The molecule has 0 radical (unpaired) electrons. The predicted molar refractivity (Wildman–Crippen MR) is 46.6 cm³/mol. The van der Waals surface area contributed by atoms with Gasteiger partial charge in [0.15, 0.2) is 0 Å². The van der Waals surface area contributed by atoms with Crippen LogP contribution in [-0.4, -0.2) is 35.9 Å². The molecule has 4 nitrogen and oxygen atoms in total. The molecule has 2 N–H and O–H groups in total. The maximum Gasteiger partial charge on any atom is 0.323 e. The summed E-state index contributed by atoms with van der Waals surface area (Å²) in [6.07, 6.45) is 4.57. The Bertz CT molecular complexity index is 201. The van der Waals surface area contributed by atoms with Crippen molar-refractivity contribution in [2.75, 3.05) is 13.2 Å². The minimum absolute atomic E-state index is 0.0358. The first-order valence-corrected chi connectivity index (χ1v) is 4.82. The largest absolute Gasteiger partial charge is 0.480 e. The van der Waals surface area contributed by atoms with Crippen LogP contribution in [-0.2, 0) is 9.53 Å². The molecule has 1 unspecified atom stereocenters. The lowest BCUT2D eigenvalue weighted by atomic mass is 9.99. The first-order chi connectivity index (χ1) is 6.22. The van der Waals surface area contributed by atoms with Crippen molar-refractivity contribution in [2.45, 2.75) is 37.3 Å². The quantitative estimate of drug-likeness (QED) is 0.619. The molecule has 4 heteroatoms. The summed E-state index contributed by atoms with van der Waals surface area (Å²) in [5, 5.41) is 11.8. The van der Waals surface area contributed by atoms with Gasteiger partial charge in [-0.05, 0) is 12.8 Å². The summed E-state index contributed by atoms with van der Waals surface area (Å²) < 4.78 is 5.66. The van der Waals surface area contributed by atoms with E-state index in [1.165, 1.54) is 12.8 Å². The second-order valence-corrected chi connectivity index (χ2v) is 3.97. The van der Waals surface area contributed by atoms with Crippen molar-refractivity contribution >= 4 is 5.97 Å². The summed E-state index contributed by atoms with van der Waals surface area (Å²) in [5.74, 6) is -0.812. The fourth-order valence-electron chi connectivity index (χ4n) is 2.18. The lowest BCUT2D eigenvalue weighted by Crippen LogP contribution is -2.55. The van der Waals surface area contributed by atoms with E-state index in [1.54, 1.807) is 0 Å². The fourth-order valence-corrected chi connectivity index (χ4v) is 2.18. The van der Waals surface area contributed by atoms with Gasteiger partial charge in [0.05, 0.1) is 12.2 Å². The maximum absolute atomic E-state index is 10.6. The fraction of sp³-hybridized carbons (Fsp3) is 0.889. The van der Waals surface area contributed by atoms with E-state index in [2.05, 4.69) is 5.32 Å². The van der Waals surface area contributed by atoms with Gasteiger partial charge in [-0.15, -0.1) is 0 Å². The van der Waals surface area contributed by atoms with Crippen LogP contribution in [0, 0.1) is 0 Å². The average Bonchev–Trinajstić information content (AvgIpc) is 2.54. The maximum atomic E-state index is 10.6. The number of carboxylic acids is 1. The molecule has 2 fully saturated rings. The summed E-state index contributed by atoms with van der Waals surface area (Å²) >= 11 is 0. The first kappa shape index (κ1) is 8.97. The molecule has 1 saturated heterocycles. The molecule has 0 aromatic rings. The second kappa shape index (κ2) is 3.27. The van der Waals surface area contributed by atoms with Gasteiger partial charge < -0.3 is 9.84 Å². The van der Waals surface area contributed by atoms with Crippen LogP contribution in [0.25, 0.3) is 0 Å². The average molecular weight is 185 g/mol. The van der Waals surface area contributed by atoms with Crippen molar-refractivity contribution in [3.05, 3.63) is 0 Å². The molecule has 2 rings (SSSR count). The third kappa shape index (κ3) is 1.69. The van der Waals surface area contributed by atoms with E-state index >= 15 is 0 Å². The van der Waals surface area contributed by atoms with E-state index in [-0.39, 0.29) is 5.60 Å². The van der Waals surface area contributed by atoms with E-state index in [1.807, 2.05) is 0 Å². The van der Waals surface area contributed by atoms with Crippen LogP contribution >= 0.6 is 0 Å². The Morgan fingerprint density at radius 2 is 2.15 bits per heavy atom. The summed E-state index contributed by atoms with van der Waals surface area (Å²) in [6, 6.07) is -0.508. The number of hydrogen-bond donors (Lipinski definition) is 2. The Morgan fingerprint density at radius 3 is 2.62 bits per heavy atom. The van der Waals surface area contributed by atoms with Gasteiger partial charge in [0, 0.05) is 6.54 Å². The van der Waals surface area contributed by atoms with E-state index in [0.29, 0.717) is 13.2 Å². The third-order valence-electron chi connectivity index (χ3n) is 3.04. The zero-order valence-corrected chi connectivity index (χ0v) is 7.58. The summed E-state index contributed by atoms with van der Waals surface area (Å²) in [7, 11) is 0. The monoisotopic (exact) mass is 185 g/mol. The summed E-state index contributed by atoms with van der Waals surface area (Å²) in [5.41, 5.74) is -0.0358. The number of aliphatic carboxylic acids is 1. The van der Waals surface area contributed by atoms with Crippen molar-refractivity contribution in [1.29, 1.82) is 0 Å². The third-order valence-corrected chi connectivity index (χ3v) is 3.04. The van der Waals surface area contributed by atoms with E-state index < -0.39 is 12.0 Å². The molecule has 0 aromatic heterocycles. The van der Waals surface area contributed by atoms with Crippen LogP contribution in [0.4, 0.5) is 0 Å². The van der Waals surface area contributed by atoms with Crippen LogP contribution in [0.15, 0.2) is 0 Å². The predicted octanol–water partition coefficient (Wildman–Crippen LogP) is 0.372. The molecule has 1 aliphatic heterocycles. The summed E-state index contributed by atoms with van der Waals surface area (Å²) in [6.45, 7) is 1.01. The molecular formula is C9H15NO3. The lowest BCUT2D eigenvalue weighted by molar-refractivity contribution is -0.148. The molecule has 0 bridgehead atoms. The molecule has 1 atom stereocenters. The van der Waals surface area contributed by atoms with E-state index in [4.69, 9.17) is 9.84 Å². The van der Waals surface area contributed by atoms with Crippen LogP contribution in [0.5, 0.6) is 0 Å². The number of morpholine rings is 1. The van der Waals surface area contributed by atoms with E-state index in [0.717, 1.165) is 12.8 Å². The topological polar surface area (TPSA) is 58.6 Å². The highest BCUT2D eigenvalue weighted by atomic mass is 16.5. The molecule has 13 heavy (non-hydrogen) atoms. The molecule has 0 aromatic carbocycles. The van der Waals surface area contributed by atoms with Crippen molar-refractivity contribution < 1.29 is 14.6 Å². The van der Waals surface area contributed by atoms with Gasteiger partial charge in [-0.2, -0.15) is 0 Å². The van der Waals surface area contributed by atoms with Gasteiger partial charge in [-0.25, -0.2) is 0 Å². The highest BCUT2D eigenvalue weighted by Crippen LogP contribution is 2.34. The SMILES string of the molecule is O=C(O)C1COC2(CCCC2)CN1. The van der Waals surface area contributed by atoms with Crippen LogP contribution in [0.2, 0.25) is 0 Å². The molecule has 1 spiro atoms. The molecule has 1 aliphatic carbocycles. The molecule has 74 valence electrons. The highest BCUT2D eigenvalue weighted by molar-refractivity contribution is 5.73. The minimum atomic E-state index is -0.812. The standard InChI is InChI=1S/C9H15NO3/c11-8(12)7-5-13-9(6-10-7)3-1-2-4-9/h7,10H,1-6H2,(H,11,12). The Morgan fingerprint density at radius 1 is 1.46 bits per heavy atom. The molecular weight excluding hydrogens is 170 g/mol. The number of ether oxygens (including phenoxy) is 1. The van der Waals surface area contributed by atoms with Gasteiger partial charge in [-0.3, -0.25) is 10.1 Å². The number of carboxylic acid groups (broad SMARTS) is 1. The normalized spacial score (nSPS) is 32.2. The van der Waals surface area contributed by atoms with Gasteiger partial charge in [-0.1, -0.05) is 12.8 Å². The van der Waals surface area contributed by atoms with E-state index in [9.17, 15) is 4.79 Å². The Labute approximate surface area is 77.3 Å². The highest BCUT2D eigenvalue weighted by Gasteiger charge is 2.40. The number of hydrogen-bond acceptors (Lipinski definition) is 3. The van der Waals surface area contributed by atoms with Crippen molar-refractivity contribution in [2.24, 2.45) is 0 Å². The zero-order chi connectivity index (χ0) is 9.31. The Kier molecular flexibility index (Phi) is 2.26. The van der Waals surface area contributed by atoms with Crippen LogP contribution < -0.4 is 5.32 Å². The number of nitrogens with one attached hydrogen (secondary N) is 1. The van der Waals surface area contributed by atoms with Gasteiger partial charge >= 0.3 is 5.97 Å². The summed E-state index contributed by atoms with van der Waals surface area (Å²) in [4.78, 5) is 10.6. The zero-order valence-electron chi connectivity index (χ0n) is 7.58. The van der Waals surface area contributed by atoms with Crippen LogP contribution in [0.3, 0.4) is 0 Å². The Balaban J connectivity index is 1.91. The smallest absolute Gasteiger partial charge is 0.323 e. The van der Waals surface area contributed by atoms with Gasteiger partial charge in [0.25, 0.3) is 0 Å². The van der Waals surface area contributed by atoms with Crippen LogP contribution in [0.1, 0.15) is 25.7 Å². The van der Waals surface area contributed by atoms with Crippen molar-refractivity contribution in [3.63, 3.8) is 0 Å². The number of rotatable bonds is 1. The molecule has 2 aliphatic rings. The Hall–Kier alpha value is -0.610. The van der Waals surface area contributed by atoms with Crippen molar-refractivity contribution in [3.8, 4) is 0 Å². The number of carbonyl (C=O) groups is 1. The molecule has 1 heterocycles. The first-order valence-electron chi connectivity index (χ1n) is 4.82. The second-order valence-electron chi connectivity index (χ2n) is 3.97. The molecule has 1 saturated carbocycles.